The van der Waals surface area contributed by atoms with E-state index in [2.05, 4.69) is 26.2 Å². The third-order valence-corrected chi connectivity index (χ3v) is 3.05. The van der Waals surface area contributed by atoms with Crippen LogP contribution in [0.15, 0.2) is 4.60 Å². The fraction of sp³-hybridized carbons (Fsp3) is 0.727. The average molecular weight is 319 g/mol. The van der Waals surface area contributed by atoms with Crippen molar-refractivity contribution in [2.24, 2.45) is 7.05 Å². The Kier molecular flexibility index (Phi) is 4.37. The zero-order valence-corrected chi connectivity index (χ0v) is 13.1. The molecule has 0 spiro atoms. The third kappa shape index (κ3) is 3.44. The Hall–Kier alpha value is -1.11. The van der Waals surface area contributed by atoms with Crippen LogP contribution in [0, 0.1) is 0 Å². The molecule has 1 atom stereocenters. The Bertz CT molecular complexity index is 419. The predicted molar refractivity (Wildman–Crippen MR) is 71.1 cm³/mol. The van der Waals surface area contributed by atoms with Gasteiger partial charge in [-0.15, -0.1) is 5.10 Å². The molecule has 1 rings (SSSR count). The summed E-state index contributed by atoms with van der Waals surface area (Å²) in [7, 11) is 3.48. The molecule has 1 aromatic heterocycles. The molecule has 18 heavy (non-hydrogen) atoms. The van der Waals surface area contributed by atoms with Crippen LogP contribution in [0.5, 0.6) is 0 Å². The summed E-state index contributed by atoms with van der Waals surface area (Å²) in [5.41, 5.74) is 0.316. The molecule has 0 aliphatic carbocycles. The lowest BCUT2D eigenvalue weighted by molar-refractivity contribution is 0.0227. The number of carbonyl (C=O) groups excluding carboxylic acids is 1. The molecule has 0 bridgehead atoms. The predicted octanol–water partition coefficient (Wildman–Crippen LogP) is 2.51. The van der Waals surface area contributed by atoms with E-state index in [1.165, 1.54) is 4.90 Å². The number of hydrogen-bond donors (Lipinski definition) is 0. The van der Waals surface area contributed by atoms with Gasteiger partial charge in [0.05, 0.1) is 11.7 Å². The van der Waals surface area contributed by atoms with E-state index in [-0.39, 0.29) is 12.1 Å². The lowest BCUT2D eigenvalue weighted by Gasteiger charge is -2.28. The number of amides is 1. The monoisotopic (exact) mass is 318 g/mol. The first-order chi connectivity index (χ1) is 8.13. The van der Waals surface area contributed by atoms with Gasteiger partial charge >= 0.3 is 6.09 Å². The highest BCUT2D eigenvalue weighted by Gasteiger charge is 2.27. The lowest BCUT2D eigenvalue weighted by atomic mass is 10.2. The van der Waals surface area contributed by atoms with Gasteiger partial charge in [0.25, 0.3) is 0 Å². The van der Waals surface area contributed by atoms with Crippen LogP contribution in [-0.2, 0) is 11.8 Å². The topological polar surface area (TPSA) is 60.2 Å². The number of ether oxygens (including phenoxy) is 1. The second kappa shape index (κ2) is 5.26. The molecule has 1 aromatic rings. The van der Waals surface area contributed by atoms with E-state index >= 15 is 0 Å². The summed E-state index contributed by atoms with van der Waals surface area (Å²) in [5.74, 6) is 0. The first kappa shape index (κ1) is 14.9. The molecule has 1 unspecified atom stereocenters. The summed E-state index contributed by atoms with van der Waals surface area (Å²) in [6.07, 6.45) is -0.372. The van der Waals surface area contributed by atoms with Gasteiger partial charge in [-0.2, -0.15) is 0 Å². The number of aryl methyl sites for hydroxylation is 1. The number of carbonyl (C=O) groups is 1. The van der Waals surface area contributed by atoms with E-state index in [0.717, 1.165) is 5.69 Å². The molecule has 0 saturated carbocycles. The Morgan fingerprint density at radius 2 is 2.06 bits per heavy atom. The van der Waals surface area contributed by atoms with Crippen LogP contribution < -0.4 is 0 Å². The normalized spacial score (nSPS) is 13.3. The molecule has 0 aliphatic rings. The Balaban J connectivity index is 2.85. The smallest absolute Gasteiger partial charge is 0.410 e. The van der Waals surface area contributed by atoms with Gasteiger partial charge in [-0.25, -0.2) is 9.48 Å². The van der Waals surface area contributed by atoms with Gasteiger partial charge in [-0.3, -0.25) is 0 Å². The highest BCUT2D eigenvalue weighted by Crippen LogP contribution is 2.25. The molecule has 6 nitrogen and oxygen atoms in total. The van der Waals surface area contributed by atoms with Gasteiger partial charge in [-0.1, -0.05) is 5.21 Å². The van der Waals surface area contributed by atoms with Crippen LogP contribution in [0.3, 0.4) is 0 Å². The maximum Gasteiger partial charge on any atom is 0.410 e. The average Bonchev–Trinajstić information content (AvgIpc) is 2.54. The van der Waals surface area contributed by atoms with Crippen molar-refractivity contribution in [1.29, 1.82) is 0 Å². The van der Waals surface area contributed by atoms with Crippen LogP contribution in [0.1, 0.15) is 39.4 Å². The molecular formula is C11H19BrN4O2. The van der Waals surface area contributed by atoms with Crippen molar-refractivity contribution in [2.45, 2.75) is 39.3 Å². The van der Waals surface area contributed by atoms with Crippen molar-refractivity contribution < 1.29 is 9.53 Å². The maximum absolute atomic E-state index is 12.0. The molecule has 7 heteroatoms. The zero-order chi connectivity index (χ0) is 14.1. The van der Waals surface area contributed by atoms with E-state index < -0.39 is 5.60 Å². The fourth-order valence-corrected chi connectivity index (χ4v) is 2.12. The molecule has 0 aliphatic heterocycles. The summed E-state index contributed by atoms with van der Waals surface area (Å²) >= 11 is 3.32. The number of rotatable bonds is 2. The molecule has 0 N–H and O–H groups in total. The number of halogens is 1. The quantitative estimate of drug-likeness (QED) is 0.840. The first-order valence-corrected chi connectivity index (χ1v) is 6.43. The SMILES string of the molecule is CC(c1c(Br)nnn1C)N(C)C(=O)OC(C)(C)C. The Labute approximate surface area is 115 Å². The minimum absolute atomic E-state index is 0.186. The standard InChI is InChI=1S/C11H19BrN4O2/c1-7(8-9(12)13-14-16(8)6)15(5)10(17)18-11(2,3)4/h7H,1-6H3. The van der Waals surface area contributed by atoms with Gasteiger partial charge in [0.15, 0.2) is 4.60 Å². The van der Waals surface area contributed by atoms with Gasteiger partial charge in [0, 0.05) is 14.1 Å². The number of hydrogen-bond acceptors (Lipinski definition) is 4. The summed E-state index contributed by atoms with van der Waals surface area (Å²) in [6, 6.07) is -0.186. The summed E-state index contributed by atoms with van der Waals surface area (Å²) in [5, 5.41) is 7.80. The van der Waals surface area contributed by atoms with E-state index in [9.17, 15) is 4.79 Å². The van der Waals surface area contributed by atoms with Crippen molar-refractivity contribution in [3.05, 3.63) is 10.3 Å². The molecule has 102 valence electrons. The van der Waals surface area contributed by atoms with E-state index in [0.29, 0.717) is 4.60 Å². The minimum atomic E-state index is -0.507. The molecule has 0 fully saturated rings. The molecular weight excluding hydrogens is 300 g/mol. The van der Waals surface area contributed by atoms with Gasteiger partial charge in [0.2, 0.25) is 0 Å². The Morgan fingerprint density at radius 3 is 2.44 bits per heavy atom. The van der Waals surface area contributed by atoms with Crippen molar-refractivity contribution >= 4 is 22.0 Å². The van der Waals surface area contributed by atoms with Crippen LogP contribution in [0.4, 0.5) is 4.79 Å². The van der Waals surface area contributed by atoms with Crippen molar-refractivity contribution in [2.75, 3.05) is 7.05 Å². The minimum Gasteiger partial charge on any atom is -0.444 e. The van der Waals surface area contributed by atoms with Crippen molar-refractivity contribution in [3.8, 4) is 0 Å². The summed E-state index contributed by atoms with van der Waals surface area (Å²) in [6.45, 7) is 7.41. The summed E-state index contributed by atoms with van der Waals surface area (Å²) in [4.78, 5) is 13.5. The third-order valence-electron chi connectivity index (χ3n) is 2.48. The molecule has 0 saturated heterocycles. The largest absolute Gasteiger partial charge is 0.444 e. The fourth-order valence-electron chi connectivity index (χ4n) is 1.46. The molecule has 1 heterocycles. The van der Waals surface area contributed by atoms with Crippen LogP contribution in [0.2, 0.25) is 0 Å². The van der Waals surface area contributed by atoms with Gasteiger partial charge in [-0.05, 0) is 43.6 Å². The van der Waals surface area contributed by atoms with Crippen LogP contribution >= 0.6 is 15.9 Å². The van der Waals surface area contributed by atoms with Gasteiger partial charge < -0.3 is 9.64 Å². The maximum atomic E-state index is 12.0. The van der Waals surface area contributed by atoms with Gasteiger partial charge in [0.1, 0.15) is 5.60 Å². The Morgan fingerprint density at radius 1 is 1.50 bits per heavy atom. The molecule has 0 radical (unpaired) electrons. The second-order valence-corrected chi connectivity index (χ2v) is 5.91. The van der Waals surface area contributed by atoms with E-state index in [1.54, 1.807) is 18.8 Å². The zero-order valence-electron chi connectivity index (χ0n) is 11.6. The lowest BCUT2D eigenvalue weighted by Crippen LogP contribution is -2.36. The summed E-state index contributed by atoms with van der Waals surface area (Å²) < 4.78 is 7.59. The first-order valence-electron chi connectivity index (χ1n) is 5.64. The highest BCUT2D eigenvalue weighted by molar-refractivity contribution is 9.10. The molecule has 1 amide bonds. The highest BCUT2D eigenvalue weighted by atomic mass is 79.9. The second-order valence-electron chi connectivity index (χ2n) is 5.16. The number of aromatic nitrogens is 3. The van der Waals surface area contributed by atoms with Crippen molar-refractivity contribution in [1.82, 2.24) is 19.9 Å². The van der Waals surface area contributed by atoms with E-state index in [4.69, 9.17) is 4.74 Å². The number of nitrogens with zero attached hydrogens (tertiary/aromatic N) is 4. The van der Waals surface area contributed by atoms with Crippen LogP contribution in [-0.4, -0.2) is 38.6 Å². The van der Waals surface area contributed by atoms with E-state index in [1.807, 2.05) is 27.7 Å². The van der Waals surface area contributed by atoms with Crippen LogP contribution in [0.25, 0.3) is 0 Å². The molecule has 0 aromatic carbocycles. The van der Waals surface area contributed by atoms with Crippen molar-refractivity contribution in [3.63, 3.8) is 0 Å².